The van der Waals surface area contributed by atoms with E-state index in [1.807, 2.05) is 19.9 Å². The Labute approximate surface area is 130 Å². The second-order valence-electron chi connectivity index (χ2n) is 5.44. The number of ketones is 1. The van der Waals surface area contributed by atoms with Crippen molar-refractivity contribution in [1.82, 2.24) is 5.32 Å². The number of Topliss-reactive ketones (excluding diaryl/α,β-unsaturated/α-hetero) is 1. The zero-order valence-corrected chi connectivity index (χ0v) is 12.9. The average Bonchev–Trinajstić information content (AvgIpc) is 2.54. The summed E-state index contributed by atoms with van der Waals surface area (Å²) in [6.45, 7) is 3.96. The molecule has 2 rings (SSSR count). The van der Waals surface area contributed by atoms with E-state index in [-0.39, 0.29) is 30.8 Å². The van der Waals surface area contributed by atoms with Gasteiger partial charge in [0.2, 0.25) is 5.91 Å². The molecule has 0 aliphatic carbocycles. The third-order valence-electron chi connectivity index (χ3n) is 4.37. The number of hydrogen-bond donors (Lipinski definition) is 1. The lowest BCUT2D eigenvalue weighted by Gasteiger charge is -2.47. The number of amides is 1. The van der Waals surface area contributed by atoms with Gasteiger partial charge in [-0.1, -0.05) is 13.8 Å². The molecule has 22 heavy (non-hydrogen) atoms. The highest BCUT2D eigenvalue weighted by Gasteiger charge is 2.54. The van der Waals surface area contributed by atoms with Crippen molar-refractivity contribution >= 4 is 11.7 Å². The minimum Gasteiger partial charge on any atom is -0.470 e. The van der Waals surface area contributed by atoms with E-state index in [2.05, 4.69) is 5.32 Å². The molecule has 5 heteroatoms. The summed E-state index contributed by atoms with van der Waals surface area (Å²) in [6.07, 6.45) is 1.58. The minimum absolute atomic E-state index is 0.0331. The molecule has 1 heterocycles. The molecule has 1 atom stereocenters. The van der Waals surface area contributed by atoms with Crippen LogP contribution in [0.3, 0.4) is 0 Å². The smallest absolute Gasteiger partial charge is 0.234 e. The summed E-state index contributed by atoms with van der Waals surface area (Å²) in [5, 5.41) is 11.3. The number of hydrogen-bond acceptors (Lipinski definition) is 4. The molecule has 1 fully saturated rings. The largest absolute Gasteiger partial charge is 0.470 e. The molecule has 0 radical (unpaired) electrons. The molecule has 1 amide bonds. The molecule has 0 bridgehead atoms. The molecular weight excluding hydrogens is 280 g/mol. The lowest BCUT2D eigenvalue weighted by molar-refractivity contribution is -0.161. The summed E-state index contributed by atoms with van der Waals surface area (Å²) < 4.78 is 5.84. The zero-order chi connectivity index (χ0) is 16.2. The van der Waals surface area contributed by atoms with Crippen molar-refractivity contribution in [3.05, 3.63) is 29.8 Å². The van der Waals surface area contributed by atoms with Gasteiger partial charge in [0.15, 0.2) is 12.0 Å². The van der Waals surface area contributed by atoms with Crippen LogP contribution in [-0.4, -0.2) is 17.9 Å². The van der Waals surface area contributed by atoms with Crippen LogP contribution in [0.1, 0.15) is 49.9 Å². The Bertz CT molecular complexity index is 597. The lowest BCUT2D eigenvalue weighted by Crippen LogP contribution is -2.69. The molecule has 1 aliphatic rings. The molecule has 1 aromatic rings. The van der Waals surface area contributed by atoms with E-state index < -0.39 is 5.41 Å². The predicted octanol–water partition coefficient (Wildman–Crippen LogP) is 2.81. The number of nitriles is 1. The molecule has 1 aliphatic heterocycles. The standard InChI is InChI=1S/C17H20N2O3/c1-3-17(4-2)15(21)19-16(17)22-13-9-7-12(8-10-13)14(20)6-5-11-18/h7-10,16H,3-6H2,1-2H3,(H,19,21). The fraction of sp³-hybridized carbons (Fsp3) is 0.471. The summed E-state index contributed by atoms with van der Waals surface area (Å²) in [5.74, 6) is 0.598. The molecule has 1 unspecified atom stereocenters. The maximum atomic E-state index is 11.8. The van der Waals surface area contributed by atoms with Gasteiger partial charge in [-0.05, 0) is 37.1 Å². The minimum atomic E-state index is -0.457. The second kappa shape index (κ2) is 6.61. The maximum Gasteiger partial charge on any atom is 0.234 e. The fourth-order valence-corrected chi connectivity index (χ4v) is 2.70. The maximum absolute atomic E-state index is 11.8. The van der Waals surface area contributed by atoms with Crippen LogP contribution in [0.15, 0.2) is 24.3 Å². The highest BCUT2D eigenvalue weighted by atomic mass is 16.5. The summed E-state index contributed by atoms with van der Waals surface area (Å²) >= 11 is 0. The van der Waals surface area contributed by atoms with E-state index in [9.17, 15) is 9.59 Å². The number of nitrogens with one attached hydrogen (secondary N) is 1. The summed E-state index contributed by atoms with van der Waals surface area (Å²) in [4.78, 5) is 23.6. The third kappa shape index (κ3) is 2.82. The van der Waals surface area contributed by atoms with Crippen molar-refractivity contribution in [2.24, 2.45) is 5.41 Å². The van der Waals surface area contributed by atoms with Crippen molar-refractivity contribution in [2.45, 2.75) is 45.8 Å². The molecule has 1 saturated heterocycles. The normalized spacial score (nSPS) is 18.8. The molecule has 116 valence electrons. The van der Waals surface area contributed by atoms with Crippen LogP contribution in [0.25, 0.3) is 0 Å². The van der Waals surface area contributed by atoms with Crippen molar-refractivity contribution < 1.29 is 14.3 Å². The van der Waals surface area contributed by atoms with Crippen LogP contribution in [0, 0.1) is 16.7 Å². The van der Waals surface area contributed by atoms with Gasteiger partial charge in [-0.15, -0.1) is 0 Å². The van der Waals surface area contributed by atoms with Gasteiger partial charge in [0, 0.05) is 18.4 Å². The summed E-state index contributed by atoms with van der Waals surface area (Å²) in [6, 6.07) is 8.79. The predicted molar refractivity (Wildman–Crippen MR) is 81.2 cm³/mol. The van der Waals surface area contributed by atoms with Crippen LogP contribution in [0.5, 0.6) is 5.75 Å². The average molecular weight is 300 g/mol. The first-order valence-electron chi connectivity index (χ1n) is 7.55. The Morgan fingerprint density at radius 1 is 1.32 bits per heavy atom. The van der Waals surface area contributed by atoms with Gasteiger partial charge in [0.1, 0.15) is 11.2 Å². The highest BCUT2D eigenvalue weighted by molar-refractivity contribution is 5.96. The van der Waals surface area contributed by atoms with Crippen LogP contribution in [0.2, 0.25) is 0 Å². The SMILES string of the molecule is CCC1(CC)C(=O)NC1Oc1ccc(C(=O)CCC#N)cc1. The van der Waals surface area contributed by atoms with E-state index in [1.165, 1.54) is 0 Å². The Morgan fingerprint density at radius 2 is 1.95 bits per heavy atom. The number of nitrogens with zero attached hydrogens (tertiary/aromatic N) is 1. The van der Waals surface area contributed by atoms with E-state index in [1.54, 1.807) is 24.3 Å². The van der Waals surface area contributed by atoms with Gasteiger partial charge in [0.25, 0.3) is 0 Å². The molecule has 1 N–H and O–H groups in total. The Hall–Kier alpha value is -2.35. The van der Waals surface area contributed by atoms with Gasteiger partial charge >= 0.3 is 0 Å². The van der Waals surface area contributed by atoms with Crippen LogP contribution >= 0.6 is 0 Å². The lowest BCUT2D eigenvalue weighted by atomic mass is 9.73. The van der Waals surface area contributed by atoms with Crippen molar-refractivity contribution in [1.29, 1.82) is 5.26 Å². The molecule has 1 aromatic carbocycles. The van der Waals surface area contributed by atoms with Crippen molar-refractivity contribution in [2.75, 3.05) is 0 Å². The Kier molecular flexibility index (Phi) is 4.81. The number of benzene rings is 1. The monoisotopic (exact) mass is 300 g/mol. The number of ether oxygens (including phenoxy) is 1. The first kappa shape index (κ1) is 16.0. The summed E-state index contributed by atoms with van der Waals surface area (Å²) in [5.41, 5.74) is 0.110. The van der Waals surface area contributed by atoms with E-state index in [0.717, 1.165) is 12.8 Å². The van der Waals surface area contributed by atoms with E-state index in [0.29, 0.717) is 11.3 Å². The van der Waals surface area contributed by atoms with Gasteiger partial charge in [-0.25, -0.2) is 0 Å². The molecule has 5 nitrogen and oxygen atoms in total. The Morgan fingerprint density at radius 3 is 2.45 bits per heavy atom. The molecule has 0 aromatic heterocycles. The number of carbonyl (C=O) groups is 2. The zero-order valence-electron chi connectivity index (χ0n) is 12.9. The molecule has 0 spiro atoms. The summed E-state index contributed by atoms with van der Waals surface area (Å²) in [7, 11) is 0. The number of carbonyl (C=O) groups excluding carboxylic acids is 2. The fourth-order valence-electron chi connectivity index (χ4n) is 2.70. The molecule has 0 saturated carbocycles. The quantitative estimate of drug-likeness (QED) is 0.620. The van der Waals surface area contributed by atoms with E-state index >= 15 is 0 Å². The third-order valence-corrected chi connectivity index (χ3v) is 4.37. The molecular formula is C17H20N2O3. The first-order valence-corrected chi connectivity index (χ1v) is 7.55. The highest BCUT2D eigenvalue weighted by Crippen LogP contribution is 2.39. The van der Waals surface area contributed by atoms with Crippen LogP contribution in [0.4, 0.5) is 0 Å². The van der Waals surface area contributed by atoms with Crippen molar-refractivity contribution in [3.63, 3.8) is 0 Å². The van der Waals surface area contributed by atoms with Crippen LogP contribution in [-0.2, 0) is 4.79 Å². The van der Waals surface area contributed by atoms with Crippen molar-refractivity contribution in [3.8, 4) is 11.8 Å². The number of rotatable bonds is 7. The van der Waals surface area contributed by atoms with Gasteiger partial charge in [-0.3, -0.25) is 9.59 Å². The first-order chi connectivity index (χ1) is 10.6. The van der Waals surface area contributed by atoms with Crippen LogP contribution < -0.4 is 10.1 Å². The van der Waals surface area contributed by atoms with E-state index in [4.69, 9.17) is 10.00 Å². The number of β-lactam (4-membered cyclic amide) rings is 1. The van der Waals surface area contributed by atoms with Gasteiger partial charge in [0.05, 0.1) is 6.07 Å². The topological polar surface area (TPSA) is 79.2 Å². The Balaban J connectivity index is 2.02. The second-order valence-corrected chi connectivity index (χ2v) is 5.44. The van der Waals surface area contributed by atoms with Gasteiger partial charge < -0.3 is 10.1 Å². The van der Waals surface area contributed by atoms with Gasteiger partial charge in [-0.2, -0.15) is 5.26 Å².